The number of hydrogen-bond acceptors (Lipinski definition) is 9. The van der Waals surface area contributed by atoms with Crippen LogP contribution in [0.25, 0.3) is 10.2 Å². The number of para-hydroxylation sites is 2. The molecule has 2 amide bonds. The highest BCUT2D eigenvalue weighted by Crippen LogP contribution is 2.40. The summed E-state index contributed by atoms with van der Waals surface area (Å²) >= 11 is 2.48. The Morgan fingerprint density at radius 3 is 2.67 bits per heavy atom. The monoisotopic (exact) mass is 580 g/mol. The van der Waals surface area contributed by atoms with E-state index in [1.165, 1.54) is 36.5 Å². The first-order valence-electron chi connectivity index (χ1n) is 12.7. The largest absolute Gasteiger partial charge is 0.495 e. The van der Waals surface area contributed by atoms with Crippen LogP contribution in [0.2, 0.25) is 0 Å². The summed E-state index contributed by atoms with van der Waals surface area (Å²) in [7, 11) is 2.83. The third-order valence-corrected chi connectivity index (χ3v) is 9.32. The Bertz CT molecular complexity index is 1700. The first kappa shape index (κ1) is 27.5. The number of fused-ring (bicyclic) bond motifs is 2. The zero-order valence-corrected chi connectivity index (χ0v) is 24.1. The Morgan fingerprint density at radius 1 is 1.15 bits per heavy atom. The van der Waals surface area contributed by atoms with Crippen molar-refractivity contribution in [2.75, 3.05) is 24.9 Å². The Hall–Kier alpha value is -4.03. The highest BCUT2D eigenvalue weighted by molar-refractivity contribution is 7.20. The van der Waals surface area contributed by atoms with Crippen molar-refractivity contribution < 1.29 is 23.9 Å². The first-order chi connectivity index (χ1) is 19.2. The summed E-state index contributed by atoms with van der Waals surface area (Å²) in [5.74, 6) is -0.345. The summed E-state index contributed by atoms with van der Waals surface area (Å²) < 4.78 is 11.5. The maximum atomic E-state index is 13.4. The third kappa shape index (κ3) is 5.11. The van der Waals surface area contributed by atoms with E-state index in [0.717, 1.165) is 41.0 Å². The summed E-state index contributed by atoms with van der Waals surface area (Å²) in [6, 6.07) is 7.03. The number of hydrogen-bond donors (Lipinski definition) is 2. The number of rotatable bonds is 7. The van der Waals surface area contributed by atoms with Gasteiger partial charge in [0.15, 0.2) is 0 Å². The second-order valence-corrected chi connectivity index (χ2v) is 11.8. The van der Waals surface area contributed by atoms with Gasteiger partial charge in [-0.2, -0.15) is 0 Å². The van der Waals surface area contributed by atoms with Crippen LogP contribution in [0.3, 0.4) is 0 Å². The highest BCUT2D eigenvalue weighted by Gasteiger charge is 2.29. The van der Waals surface area contributed by atoms with Crippen LogP contribution in [-0.4, -0.2) is 41.6 Å². The maximum Gasteiger partial charge on any atom is 0.341 e. The van der Waals surface area contributed by atoms with Crippen molar-refractivity contribution in [2.24, 2.45) is 5.92 Å². The van der Waals surface area contributed by atoms with Crippen LogP contribution in [0.5, 0.6) is 5.75 Å². The number of aromatic nitrogens is 2. The summed E-state index contributed by atoms with van der Waals surface area (Å²) in [4.78, 5) is 58.2. The molecule has 2 N–H and O–H groups in total. The van der Waals surface area contributed by atoms with E-state index in [-0.39, 0.29) is 17.8 Å². The highest BCUT2D eigenvalue weighted by atomic mass is 32.1. The smallest absolute Gasteiger partial charge is 0.341 e. The molecule has 1 aromatic carbocycles. The molecule has 0 unspecified atom stereocenters. The minimum Gasteiger partial charge on any atom is -0.495 e. The van der Waals surface area contributed by atoms with Gasteiger partial charge < -0.3 is 20.1 Å². The summed E-state index contributed by atoms with van der Waals surface area (Å²) in [5.41, 5.74) is 1.87. The fourth-order valence-corrected chi connectivity index (χ4v) is 7.34. The van der Waals surface area contributed by atoms with E-state index >= 15 is 0 Å². The van der Waals surface area contributed by atoms with Gasteiger partial charge in [-0.3, -0.25) is 19.0 Å². The van der Waals surface area contributed by atoms with Gasteiger partial charge in [0.1, 0.15) is 22.1 Å². The average Bonchev–Trinajstić information content (AvgIpc) is 3.46. The van der Waals surface area contributed by atoms with Crippen LogP contribution in [0.15, 0.2) is 35.4 Å². The predicted octanol–water partition coefficient (Wildman–Crippen LogP) is 4.64. The fourth-order valence-electron chi connectivity index (χ4n) is 4.89. The SMILES string of the molecule is COC(=O)c1c(NC(=O)Cn2cnc3sc(C(=O)Nc4ccccc4OC)c(C)c3c2=O)sc2c1CC[C@H](C)C2. The minimum atomic E-state index is -0.490. The Balaban J connectivity index is 1.39. The van der Waals surface area contributed by atoms with Crippen LogP contribution < -0.4 is 20.9 Å². The van der Waals surface area contributed by atoms with Crippen molar-refractivity contribution in [3.8, 4) is 5.75 Å². The second kappa shape index (κ2) is 11.2. The molecule has 5 rings (SSSR count). The van der Waals surface area contributed by atoms with Gasteiger partial charge >= 0.3 is 5.97 Å². The van der Waals surface area contributed by atoms with E-state index in [1.807, 2.05) is 0 Å². The number of amides is 2. The summed E-state index contributed by atoms with van der Waals surface area (Å²) in [5, 5.41) is 6.35. The fraction of sp³-hybridized carbons (Fsp3) is 0.321. The Labute approximate surface area is 238 Å². The molecule has 0 spiro atoms. The van der Waals surface area contributed by atoms with E-state index in [4.69, 9.17) is 9.47 Å². The Morgan fingerprint density at radius 2 is 1.93 bits per heavy atom. The zero-order valence-electron chi connectivity index (χ0n) is 22.5. The number of nitrogens with one attached hydrogen (secondary N) is 2. The molecule has 0 fully saturated rings. The van der Waals surface area contributed by atoms with E-state index < -0.39 is 17.4 Å². The number of ether oxygens (including phenoxy) is 2. The van der Waals surface area contributed by atoms with Gasteiger partial charge in [0.25, 0.3) is 11.5 Å². The molecule has 0 bridgehead atoms. The van der Waals surface area contributed by atoms with Crippen LogP contribution in [-0.2, 0) is 28.9 Å². The van der Waals surface area contributed by atoms with E-state index in [9.17, 15) is 19.2 Å². The normalized spacial score (nSPS) is 14.4. The quantitative estimate of drug-likeness (QED) is 0.305. The lowest BCUT2D eigenvalue weighted by molar-refractivity contribution is -0.116. The summed E-state index contributed by atoms with van der Waals surface area (Å²) in [6.07, 6.45) is 3.84. The molecule has 0 saturated heterocycles. The van der Waals surface area contributed by atoms with Crippen LogP contribution in [0, 0.1) is 12.8 Å². The molecule has 3 heterocycles. The molecule has 1 atom stereocenters. The molecular weight excluding hydrogens is 552 g/mol. The number of aryl methyl sites for hydroxylation is 1. The minimum absolute atomic E-state index is 0.279. The predicted molar refractivity (Wildman–Crippen MR) is 155 cm³/mol. The van der Waals surface area contributed by atoms with Crippen molar-refractivity contribution in [3.63, 3.8) is 0 Å². The number of anilines is 2. The standard InChI is InChI=1S/C28H28N4O6S2/c1-14-9-10-16-19(11-14)39-26(22(16)28(36)38-4)31-20(33)12-32-13-29-25-21(27(32)35)15(2)23(40-25)24(34)30-17-7-5-6-8-18(17)37-3/h5-8,13-14H,9-12H2,1-4H3,(H,30,34)(H,31,33)/t14-/m0/s1. The van der Waals surface area contributed by atoms with E-state index in [0.29, 0.717) is 43.2 Å². The number of benzene rings is 1. The molecule has 208 valence electrons. The van der Waals surface area contributed by atoms with E-state index in [2.05, 4.69) is 22.5 Å². The van der Waals surface area contributed by atoms with E-state index in [1.54, 1.807) is 31.2 Å². The number of esters is 1. The van der Waals surface area contributed by atoms with Gasteiger partial charge in [0.2, 0.25) is 5.91 Å². The van der Waals surface area contributed by atoms with Crippen molar-refractivity contribution in [3.05, 3.63) is 67.4 Å². The Kier molecular flexibility index (Phi) is 7.72. The van der Waals surface area contributed by atoms with Gasteiger partial charge in [-0.1, -0.05) is 19.1 Å². The summed E-state index contributed by atoms with van der Waals surface area (Å²) in [6.45, 7) is 3.54. The lowest BCUT2D eigenvalue weighted by Gasteiger charge is -2.18. The number of methoxy groups -OCH3 is 2. The van der Waals surface area contributed by atoms with Crippen LogP contribution in [0.1, 0.15) is 49.4 Å². The topological polar surface area (TPSA) is 129 Å². The lowest BCUT2D eigenvalue weighted by atomic mass is 9.88. The zero-order chi connectivity index (χ0) is 28.6. The number of carbonyl (C=O) groups is 3. The van der Waals surface area contributed by atoms with Gasteiger partial charge in [-0.05, 0) is 55.4 Å². The molecule has 1 aliphatic rings. The molecule has 4 aromatic rings. The van der Waals surface area contributed by atoms with Crippen molar-refractivity contribution in [1.82, 2.24) is 9.55 Å². The molecule has 12 heteroatoms. The number of carbonyl (C=O) groups excluding carboxylic acids is 3. The lowest BCUT2D eigenvalue weighted by Crippen LogP contribution is -2.28. The van der Waals surface area contributed by atoms with Crippen molar-refractivity contribution in [2.45, 2.75) is 39.7 Å². The molecule has 10 nitrogen and oxygen atoms in total. The van der Waals surface area contributed by atoms with Gasteiger partial charge in [0.05, 0.1) is 42.1 Å². The molecule has 1 aliphatic carbocycles. The van der Waals surface area contributed by atoms with Crippen LogP contribution in [0.4, 0.5) is 10.7 Å². The molecule has 0 aliphatic heterocycles. The number of thiophene rings is 2. The van der Waals surface area contributed by atoms with Gasteiger partial charge in [-0.25, -0.2) is 9.78 Å². The number of nitrogens with zero attached hydrogens (tertiary/aromatic N) is 2. The molecule has 0 radical (unpaired) electrons. The molecule has 40 heavy (non-hydrogen) atoms. The maximum absolute atomic E-state index is 13.4. The average molecular weight is 581 g/mol. The van der Waals surface area contributed by atoms with Crippen LogP contribution >= 0.6 is 22.7 Å². The molecule has 3 aromatic heterocycles. The second-order valence-electron chi connectivity index (χ2n) is 9.66. The molecular formula is C28H28N4O6S2. The van der Waals surface area contributed by atoms with Gasteiger partial charge in [-0.15, -0.1) is 22.7 Å². The van der Waals surface area contributed by atoms with Crippen molar-refractivity contribution in [1.29, 1.82) is 0 Å². The third-order valence-electron chi connectivity index (χ3n) is 6.95. The van der Waals surface area contributed by atoms with Crippen molar-refractivity contribution >= 4 is 61.4 Å². The molecule has 0 saturated carbocycles. The first-order valence-corrected chi connectivity index (χ1v) is 14.3. The van der Waals surface area contributed by atoms with Gasteiger partial charge in [0, 0.05) is 4.88 Å².